The van der Waals surface area contributed by atoms with Gasteiger partial charge in [-0.15, -0.1) is 11.3 Å². The zero-order valence-corrected chi connectivity index (χ0v) is 17.2. The van der Waals surface area contributed by atoms with Gasteiger partial charge in [0.25, 0.3) is 5.91 Å². The number of benzene rings is 1. The van der Waals surface area contributed by atoms with Crippen molar-refractivity contribution in [3.05, 3.63) is 58.8 Å². The highest BCUT2D eigenvalue weighted by Gasteiger charge is 2.25. The summed E-state index contributed by atoms with van der Waals surface area (Å²) < 4.78 is 2.13. The van der Waals surface area contributed by atoms with Crippen LogP contribution in [0.1, 0.15) is 39.9 Å². The number of nitrogens with zero attached hydrogens (tertiary/aromatic N) is 3. The molecule has 3 heterocycles. The van der Waals surface area contributed by atoms with Crippen molar-refractivity contribution in [3.63, 3.8) is 0 Å². The summed E-state index contributed by atoms with van der Waals surface area (Å²) in [6.45, 7) is 6.98. The maximum atomic E-state index is 12.8. The number of carbonyl (C=O) groups excluding carboxylic acids is 2. The molecule has 4 rings (SSSR count). The van der Waals surface area contributed by atoms with Crippen molar-refractivity contribution in [1.29, 1.82) is 0 Å². The van der Waals surface area contributed by atoms with Gasteiger partial charge in [-0.1, -0.05) is 18.7 Å². The molecule has 0 spiro atoms. The van der Waals surface area contributed by atoms with E-state index < -0.39 is 0 Å². The van der Waals surface area contributed by atoms with Gasteiger partial charge in [0.1, 0.15) is 0 Å². The first kappa shape index (κ1) is 19.4. The molecule has 2 aromatic heterocycles. The van der Waals surface area contributed by atoms with Crippen LogP contribution in [0.15, 0.2) is 49.1 Å². The SMILES string of the molecule is C=CC(=O)N1CCC[C@@H](n2c(NC(=O)c3ccc(C)s3)nc3ccccc32)CC1. The van der Waals surface area contributed by atoms with E-state index in [4.69, 9.17) is 4.98 Å². The lowest BCUT2D eigenvalue weighted by Gasteiger charge is -2.21. The molecule has 2 amide bonds. The molecule has 1 aliphatic rings. The van der Waals surface area contributed by atoms with E-state index in [0.717, 1.165) is 41.7 Å². The van der Waals surface area contributed by atoms with Gasteiger partial charge < -0.3 is 9.47 Å². The summed E-state index contributed by atoms with van der Waals surface area (Å²) in [5.74, 6) is 0.398. The predicted octanol–water partition coefficient (Wildman–Crippen LogP) is 4.40. The number of rotatable bonds is 4. The second-order valence-electron chi connectivity index (χ2n) is 7.27. The number of amides is 2. The zero-order valence-electron chi connectivity index (χ0n) is 16.4. The summed E-state index contributed by atoms with van der Waals surface area (Å²) in [7, 11) is 0. The fourth-order valence-electron chi connectivity index (χ4n) is 3.91. The lowest BCUT2D eigenvalue weighted by Crippen LogP contribution is -2.30. The number of anilines is 1. The molecule has 1 N–H and O–H groups in total. The largest absolute Gasteiger partial charge is 0.339 e. The molecule has 1 atom stereocenters. The Morgan fingerprint density at radius 1 is 1.21 bits per heavy atom. The van der Waals surface area contributed by atoms with Gasteiger partial charge in [-0.25, -0.2) is 4.98 Å². The summed E-state index contributed by atoms with van der Waals surface area (Å²) >= 11 is 1.47. The molecule has 1 aliphatic heterocycles. The van der Waals surface area contributed by atoms with E-state index in [1.54, 1.807) is 0 Å². The maximum absolute atomic E-state index is 12.8. The number of thiophene rings is 1. The molecule has 0 radical (unpaired) electrons. The number of fused-ring (bicyclic) bond motifs is 1. The topological polar surface area (TPSA) is 67.2 Å². The smallest absolute Gasteiger partial charge is 0.268 e. The van der Waals surface area contributed by atoms with Crippen molar-refractivity contribution in [1.82, 2.24) is 14.5 Å². The number of aromatic nitrogens is 2. The van der Waals surface area contributed by atoms with Crippen LogP contribution in [-0.2, 0) is 4.79 Å². The second kappa shape index (κ2) is 8.21. The Kier molecular flexibility index (Phi) is 5.49. The van der Waals surface area contributed by atoms with Crippen molar-refractivity contribution in [2.24, 2.45) is 0 Å². The van der Waals surface area contributed by atoms with E-state index in [1.807, 2.05) is 48.2 Å². The number of aryl methyl sites for hydroxylation is 1. The molecule has 0 aliphatic carbocycles. The second-order valence-corrected chi connectivity index (χ2v) is 8.56. The monoisotopic (exact) mass is 408 g/mol. The normalized spacial score (nSPS) is 17.1. The number of imidazole rings is 1. The number of carbonyl (C=O) groups is 2. The van der Waals surface area contributed by atoms with Crippen LogP contribution in [0.25, 0.3) is 11.0 Å². The van der Waals surface area contributed by atoms with Gasteiger partial charge in [0.05, 0.1) is 15.9 Å². The van der Waals surface area contributed by atoms with Gasteiger partial charge in [-0.2, -0.15) is 0 Å². The van der Waals surface area contributed by atoms with Crippen LogP contribution < -0.4 is 5.32 Å². The first-order valence-electron chi connectivity index (χ1n) is 9.83. The summed E-state index contributed by atoms with van der Waals surface area (Å²) in [5, 5.41) is 3.02. The fourth-order valence-corrected chi connectivity index (χ4v) is 4.67. The third kappa shape index (κ3) is 3.96. The molecule has 0 bridgehead atoms. The predicted molar refractivity (Wildman–Crippen MR) is 116 cm³/mol. The molecule has 150 valence electrons. The van der Waals surface area contributed by atoms with E-state index in [-0.39, 0.29) is 17.9 Å². The Morgan fingerprint density at radius 3 is 2.79 bits per heavy atom. The fraction of sp³-hybridized carbons (Fsp3) is 0.318. The number of hydrogen-bond donors (Lipinski definition) is 1. The number of para-hydroxylation sites is 2. The molecular weight excluding hydrogens is 384 g/mol. The maximum Gasteiger partial charge on any atom is 0.268 e. The van der Waals surface area contributed by atoms with Crippen molar-refractivity contribution >= 4 is 40.1 Å². The third-order valence-electron chi connectivity index (χ3n) is 5.33. The zero-order chi connectivity index (χ0) is 20.4. The number of likely N-dealkylation sites (tertiary alicyclic amines) is 1. The lowest BCUT2D eigenvalue weighted by molar-refractivity contribution is -0.125. The van der Waals surface area contributed by atoms with Crippen LogP contribution >= 0.6 is 11.3 Å². The molecule has 7 heteroatoms. The minimum absolute atomic E-state index is 0.0252. The highest BCUT2D eigenvalue weighted by molar-refractivity contribution is 7.14. The molecule has 1 saturated heterocycles. The molecule has 6 nitrogen and oxygen atoms in total. The van der Waals surface area contributed by atoms with E-state index >= 15 is 0 Å². The van der Waals surface area contributed by atoms with Gasteiger partial charge in [-0.3, -0.25) is 14.9 Å². The molecular formula is C22H24N4O2S. The Bertz CT molecular complexity index is 1070. The summed E-state index contributed by atoms with van der Waals surface area (Å²) in [6.07, 6.45) is 4.00. The molecule has 0 saturated carbocycles. The van der Waals surface area contributed by atoms with Crippen molar-refractivity contribution in [3.8, 4) is 0 Å². The van der Waals surface area contributed by atoms with Crippen LogP contribution in [0.3, 0.4) is 0 Å². The van der Waals surface area contributed by atoms with E-state index in [0.29, 0.717) is 17.4 Å². The Morgan fingerprint density at radius 2 is 2.03 bits per heavy atom. The minimum Gasteiger partial charge on any atom is -0.339 e. The summed E-state index contributed by atoms with van der Waals surface area (Å²) in [4.78, 5) is 33.1. The van der Waals surface area contributed by atoms with Gasteiger partial charge in [-0.05, 0) is 56.5 Å². The van der Waals surface area contributed by atoms with Crippen LogP contribution in [-0.4, -0.2) is 39.4 Å². The van der Waals surface area contributed by atoms with Crippen LogP contribution in [0.5, 0.6) is 0 Å². The molecule has 1 aromatic carbocycles. The Labute approximate surface area is 173 Å². The Balaban J connectivity index is 1.65. The lowest BCUT2D eigenvalue weighted by atomic mass is 10.1. The van der Waals surface area contributed by atoms with E-state index in [2.05, 4.69) is 16.5 Å². The average Bonchev–Trinajstić information content (AvgIpc) is 3.22. The van der Waals surface area contributed by atoms with E-state index in [9.17, 15) is 9.59 Å². The summed E-state index contributed by atoms with van der Waals surface area (Å²) in [5.41, 5.74) is 1.85. The van der Waals surface area contributed by atoms with Crippen molar-refractivity contribution in [2.45, 2.75) is 32.2 Å². The summed E-state index contributed by atoms with van der Waals surface area (Å²) in [6, 6.07) is 11.9. The minimum atomic E-state index is -0.142. The van der Waals surface area contributed by atoms with Crippen molar-refractivity contribution < 1.29 is 9.59 Å². The number of nitrogens with one attached hydrogen (secondary N) is 1. The van der Waals surface area contributed by atoms with Crippen LogP contribution in [0.4, 0.5) is 5.95 Å². The molecule has 29 heavy (non-hydrogen) atoms. The first-order chi connectivity index (χ1) is 14.1. The highest BCUT2D eigenvalue weighted by Crippen LogP contribution is 2.31. The van der Waals surface area contributed by atoms with E-state index in [1.165, 1.54) is 17.4 Å². The highest BCUT2D eigenvalue weighted by atomic mass is 32.1. The third-order valence-corrected chi connectivity index (χ3v) is 6.33. The van der Waals surface area contributed by atoms with Gasteiger partial charge in [0.2, 0.25) is 11.9 Å². The number of hydrogen-bond acceptors (Lipinski definition) is 4. The first-order valence-corrected chi connectivity index (χ1v) is 10.6. The van der Waals surface area contributed by atoms with Crippen LogP contribution in [0, 0.1) is 6.92 Å². The standard InChI is InChI=1S/C22H24N4O2S/c1-3-20(27)25-13-6-7-16(12-14-25)26-18-9-5-4-8-17(18)23-22(26)24-21(28)19-11-10-15(2)29-19/h3-5,8-11,16H,1,6-7,12-14H2,2H3,(H,23,24,28)/t16-/m1/s1. The molecule has 1 fully saturated rings. The van der Waals surface area contributed by atoms with Crippen molar-refractivity contribution in [2.75, 3.05) is 18.4 Å². The van der Waals surface area contributed by atoms with Gasteiger partial charge in [0, 0.05) is 24.0 Å². The average molecular weight is 409 g/mol. The molecule has 0 unspecified atom stereocenters. The molecule has 3 aromatic rings. The Hall–Kier alpha value is -2.93. The van der Waals surface area contributed by atoms with Gasteiger partial charge >= 0.3 is 0 Å². The quantitative estimate of drug-likeness (QED) is 0.651. The van der Waals surface area contributed by atoms with Gasteiger partial charge in [0.15, 0.2) is 0 Å². The van der Waals surface area contributed by atoms with Crippen LogP contribution in [0.2, 0.25) is 0 Å².